The first kappa shape index (κ1) is 13.0. The molecule has 98 valence electrons. The number of hydrogen-bond donors (Lipinski definition) is 0. The summed E-state index contributed by atoms with van der Waals surface area (Å²) in [5.41, 5.74) is 0.545. The van der Waals surface area contributed by atoms with Crippen molar-refractivity contribution in [3.63, 3.8) is 0 Å². The van der Waals surface area contributed by atoms with Gasteiger partial charge in [-0.05, 0) is 12.1 Å². The zero-order valence-corrected chi connectivity index (χ0v) is 10.7. The molecule has 0 radical (unpaired) electrons. The van der Waals surface area contributed by atoms with E-state index in [1.54, 1.807) is 12.1 Å². The molecule has 1 unspecified atom stereocenters. The Morgan fingerprint density at radius 3 is 2.78 bits per heavy atom. The molecule has 18 heavy (non-hydrogen) atoms. The summed E-state index contributed by atoms with van der Waals surface area (Å²) in [5.74, 6) is -0.346. The van der Waals surface area contributed by atoms with Crippen molar-refractivity contribution in [2.45, 2.75) is 6.29 Å². The molecule has 0 aliphatic carbocycles. The van der Waals surface area contributed by atoms with E-state index < -0.39 is 6.29 Å². The third kappa shape index (κ3) is 3.29. The molecule has 0 amide bonds. The van der Waals surface area contributed by atoms with Crippen LogP contribution in [0.1, 0.15) is 10.4 Å². The van der Waals surface area contributed by atoms with Gasteiger partial charge in [-0.25, -0.2) is 14.8 Å². The lowest BCUT2D eigenvalue weighted by atomic mass is 10.2. The number of rotatable bonds is 3. The fourth-order valence-corrected chi connectivity index (χ4v) is 1.80. The van der Waals surface area contributed by atoms with E-state index in [2.05, 4.69) is 5.01 Å². The minimum Gasteiger partial charge on any atom is -0.431 e. The number of nitrogens with zero attached hydrogens (tertiary/aromatic N) is 2. The molecule has 0 saturated carbocycles. The normalized spacial score (nSPS) is 20.9. The number of esters is 1. The molecule has 1 aliphatic heterocycles. The Morgan fingerprint density at radius 2 is 2.11 bits per heavy atom. The highest BCUT2D eigenvalue weighted by atomic mass is 16.7. The van der Waals surface area contributed by atoms with Crippen molar-refractivity contribution in [2.75, 3.05) is 33.8 Å². The van der Waals surface area contributed by atoms with Gasteiger partial charge in [0.2, 0.25) is 6.29 Å². The Bertz CT molecular complexity index is 394. The van der Waals surface area contributed by atoms with E-state index in [1.807, 2.05) is 37.3 Å². The number of benzene rings is 1. The molecule has 0 spiro atoms. The zero-order chi connectivity index (χ0) is 13.0. The maximum absolute atomic E-state index is 11.9. The van der Waals surface area contributed by atoms with Crippen molar-refractivity contribution in [3.8, 4) is 0 Å². The van der Waals surface area contributed by atoms with Crippen LogP contribution in [0.25, 0.3) is 0 Å². The molecule has 2 rings (SSSR count). The number of hydrogen-bond acceptors (Lipinski definition) is 5. The summed E-state index contributed by atoms with van der Waals surface area (Å²) in [6.07, 6.45) is -0.506. The van der Waals surface area contributed by atoms with E-state index in [-0.39, 0.29) is 5.97 Å². The summed E-state index contributed by atoms with van der Waals surface area (Å²) in [6, 6.07) is 8.94. The van der Waals surface area contributed by atoms with Gasteiger partial charge in [-0.2, -0.15) is 0 Å². The highest BCUT2D eigenvalue weighted by Crippen LogP contribution is 2.10. The Balaban J connectivity index is 1.91. The van der Waals surface area contributed by atoms with Crippen LogP contribution < -0.4 is 0 Å². The van der Waals surface area contributed by atoms with Crippen molar-refractivity contribution in [2.24, 2.45) is 0 Å². The summed E-state index contributed by atoms with van der Waals surface area (Å²) >= 11 is 0. The standard InChI is InChI=1S/C13H18N2O3/c1-14(2)15-8-9-17-12(10-15)18-13(16)11-6-4-3-5-7-11/h3-7,12H,8-10H2,1-2H3. The first-order valence-corrected chi connectivity index (χ1v) is 5.96. The molecule has 0 N–H and O–H groups in total. The SMILES string of the molecule is CN(C)N1CCOC(OC(=O)c2ccccc2)C1. The average Bonchev–Trinajstić information content (AvgIpc) is 2.40. The quantitative estimate of drug-likeness (QED) is 0.748. The second-order valence-electron chi connectivity index (χ2n) is 4.33. The zero-order valence-electron chi connectivity index (χ0n) is 10.7. The highest BCUT2D eigenvalue weighted by molar-refractivity contribution is 5.89. The number of ether oxygens (including phenoxy) is 2. The van der Waals surface area contributed by atoms with Gasteiger partial charge in [0.15, 0.2) is 0 Å². The predicted molar refractivity (Wildman–Crippen MR) is 66.9 cm³/mol. The molecule has 1 aromatic carbocycles. The lowest BCUT2D eigenvalue weighted by molar-refractivity contribution is -0.184. The van der Waals surface area contributed by atoms with Gasteiger partial charge >= 0.3 is 5.97 Å². The second kappa shape index (κ2) is 5.95. The Morgan fingerprint density at radius 1 is 1.39 bits per heavy atom. The van der Waals surface area contributed by atoms with Gasteiger partial charge < -0.3 is 9.47 Å². The summed E-state index contributed by atoms with van der Waals surface area (Å²) in [4.78, 5) is 11.9. The molecule has 1 saturated heterocycles. The minimum absolute atomic E-state index is 0.346. The maximum atomic E-state index is 11.9. The molecule has 5 heteroatoms. The summed E-state index contributed by atoms with van der Waals surface area (Å²) in [6.45, 7) is 1.93. The first-order valence-electron chi connectivity index (χ1n) is 5.96. The van der Waals surface area contributed by atoms with Crippen LogP contribution >= 0.6 is 0 Å². The maximum Gasteiger partial charge on any atom is 0.340 e. The van der Waals surface area contributed by atoms with Crippen LogP contribution in [0.5, 0.6) is 0 Å². The molecule has 5 nitrogen and oxygen atoms in total. The number of hydrazine groups is 1. The van der Waals surface area contributed by atoms with E-state index in [0.717, 1.165) is 6.54 Å². The summed E-state index contributed by atoms with van der Waals surface area (Å²) in [5, 5.41) is 4.05. The second-order valence-corrected chi connectivity index (χ2v) is 4.33. The van der Waals surface area contributed by atoms with Crippen molar-refractivity contribution < 1.29 is 14.3 Å². The third-order valence-corrected chi connectivity index (χ3v) is 2.83. The monoisotopic (exact) mass is 250 g/mol. The van der Waals surface area contributed by atoms with E-state index in [4.69, 9.17) is 9.47 Å². The molecule has 1 heterocycles. The van der Waals surface area contributed by atoms with Gasteiger partial charge in [0.25, 0.3) is 0 Å². The fraction of sp³-hybridized carbons (Fsp3) is 0.462. The van der Waals surface area contributed by atoms with Crippen molar-refractivity contribution in [1.29, 1.82) is 0 Å². The molecule has 1 aromatic rings. The van der Waals surface area contributed by atoms with Gasteiger partial charge in [-0.15, -0.1) is 0 Å². The topological polar surface area (TPSA) is 42.0 Å². The largest absolute Gasteiger partial charge is 0.431 e. The molecular weight excluding hydrogens is 232 g/mol. The fourth-order valence-electron chi connectivity index (χ4n) is 1.80. The van der Waals surface area contributed by atoms with E-state index in [1.165, 1.54) is 0 Å². The highest BCUT2D eigenvalue weighted by Gasteiger charge is 2.25. The third-order valence-electron chi connectivity index (χ3n) is 2.83. The van der Waals surface area contributed by atoms with Gasteiger partial charge in [0.05, 0.1) is 18.7 Å². The van der Waals surface area contributed by atoms with Crippen LogP contribution in [0, 0.1) is 0 Å². The minimum atomic E-state index is -0.506. The van der Waals surface area contributed by atoms with Crippen LogP contribution in [0.15, 0.2) is 30.3 Å². The summed E-state index contributed by atoms with van der Waals surface area (Å²) in [7, 11) is 3.92. The molecule has 1 aliphatic rings. The molecule has 1 fully saturated rings. The molecular formula is C13H18N2O3. The van der Waals surface area contributed by atoms with Crippen LogP contribution in [0.2, 0.25) is 0 Å². The van der Waals surface area contributed by atoms with E-state index in [0.29, 0.717) is 18.7 Å². The number of carbonyl (C=O) groups is 1. The average molecular weight is 250 g/mol. The lowest BCUT2D eigenvalue weighted by Crippen LogP contribution is -2.50. The van der Waals surface area contributed by atoms with Crippen molar-refractivity contribution in [1.82, 2.24) is 10.0 Å². The molecule has 1 atom stereocenters. The van der Waals surface area contributed by atoms with Gasteiger partial charge in [-0.3, -0.25) is 0 Å². The van der Waals surface area contributed by atoms with Crippen LogP contribution in [-0.4, -0.2) is 56.1 Å². The predicted octanol–water partition coefficient (Wildman–Crippen LogP) is 0.978. The van der Waals surface area contributed by atoms with Crippen LogP contribution in [0.3, 0.4) is 0 Å². The number of carbonyl (C=O) groups excluding carboxylic acids is 1. The smallest absolute Gasteiger partial charge is 0.340 e. The number of morpholine rings is 1. The van der Waals surface area contributed by atoms with Crippen molar-refractivity contribution >= 4 is 5.97 Å². The van der Waals surface area contributed by atoms with Gasteiger partial charge in [-0.1, -0.05) is 18.2 Å². The van der Waals surface area contributed by atoms with E-state index >= 15 is 0 Å². The molecule has 0 bridgehead atoms. The lowest BCUT2D eigenvalue weighted by Gasteiger charge is -2.35. The van der Waals surface area contributed by atoms with Crippen molar-refractivity contribution in [3.05, 3.63) is 35.9 Å². The Kier molecular flexibility index (Phi) is 4.30. The van der Waals surface area contributed by atoms with Crippen LogP contribution in [0.4, 0.5) is 0 Å². The Hall–Kier alpha value is -1.43. The first-order chi connectivity index (χ1) is 8.66. The Labute approximate surface area is 107 Å². The van der Waals surface area contributed by atoms with Crippen LogP contribution in [-0.2, 0) is 9.47 Å². The van der Waals surface area contributed by atoms with E-state index in [9.17, 15) is 4.79 Å². The van der Waals surface area contributed by atoms with Gasteiger partial charge in [0, 0.05) is 20.6 Å². The van der Waals surface area contributed by atoms with Gasteiger partial charge in [0.1, 0.15) is 0 Å². The molecule has 0 aromatic heterocycles. The summed E-state index contributed by atoms with van der Waals surface area (Å²) < 4.78 is 10.8.